The van der Waals surface area contributed by atoms with Gasteiger partial charge in [0.15, 0.2) is 11.8 Å². The Morgan fingerprint density at radius 3 is 2.59 bits per heavy atom. The fourth-order valence-electron chi connectivity index (χ4n) is 3.49. The number of guanidine groups is 1. The molecule has 1 fully saturated rings. The summed E-state index contributed by atoms with van der Waals surface area (Å²) in [7, 11) is 1.82. The van der Waals surface area contributed by atoms with E-state index < -0.39 is 0 Å². The van der Waals surface area contributed by atoms with E-state index in [9.17, 15) is 0 Å². The Kier molecular flexibility index (Phi) is 6.48. The quantitative estimate of drug-likeness (QED) is 0.424. The van der Waals surface area contributed by atoms with Gasteiger partial charge in [0.25, 0.3) is 0 Å². The lowest BCUT2D eigenvalue weighted by Gasteiger charge is -2.43. The van der Waals surface area contributed by atoms with Crippen molar-refractivity contribution in [3.8, 4) is 0 Å². The molecule has 1 saturated carbocycles. The minimum Gasteiger partial charge on any atom is -0.356 e. The fraction of sp³-hybridized carbons (Fsp3) is 0.571. The van der Waals surface area contributed by atoms with E-state index >= 15 is 0 Å². The maximum atomic E-state index is 5.29. The van der Waals surface area contributed by atoms with Crippen molar-refractivity contribution in [2.24, 2.45) is 4.99 Å². The van der Waals surface area contributed by atoms with E-state index in [0.29, 0.717) is 11.8 Å². The highest BCUT2D eigenvalue weighted by molar-refractivity contribution is 5.79. The summed E-state index contributed by atoms with van der Waals surface area (Å²) in [6.07, 6.45) is 5.46. The number of benzene rings is 1. The zero-order chi connectivity index (χ0) is 19.1. The van der Waals surface area contributed by atoms with Gasteiger partial charge in [-0.3, -0.25) is 4.99 Å². The van der Waals surface area contributed by atoms with E-state index in [4.69, 9.17) is 4.52 Å². The van der Waals surface area contributed by atoms with Crippen molar-refractivity contribution in [3.05, 3.63) is 47.6 Å². The monoisotopic (exact) mass is 369 g/mol. The smallest absolute Gasteiger partial charge is 0.226 e. The number of rotatable bonds is 8. The van der Waals surface area contributed by atoms with Gasteiger partial charge in [-0.1, -0.05) is 55.8 Å². The van der Waals surface area contributed by atoms with Crippen LogP contribution < -0.4 is 10.6 Å². The Morgan fingerprint density at radius 2 is 2.00 bits per heavy atom. The average molecular weight is 370 g/mol. The molecule has 0 aliphatic heterocycles. The molecule has 2 aromatic rings. The first-order chi connectivity index (χ1) is 13.1. The van der Waals surface area contributed by atoms with Gasteiger partial charge in [-0.2, -0.15) is 4.98 Å². The molecule has 1 aromatic carbocycles. The standard InChI is InChI=1S/C21H31N5O/c1-16(2)19-25-18(27-26-19)11-7-14-23-20(22-3)24-15-21(12-8-13-21)17-9-5-4-6-10-17/h4-6,9-10,16H,7-8,11-15H2,1-3H3,(H2,22,23,24). The average Bonchev–Trinajstić information content (AvgIpc) is 3.12. The van der Waals surface area contributed by atoms with E-state index in [1.165, 1.54) is 24.8 Å². The summed E-state index contributed by atoms with van der Waals surface area (Å²) in [6, 6.07) is 10.8. The van der Waals surface area contributed by atoms with Crippen LogP contribution in [-0.2, 0) is 11.8 Å². The number of aryl methyl sites for hydroxylation is 1. The molecule has 0 atom stereocenters. The summed E-state index contributed by atoms with van der Waals surface area (Å²) in [5.74, 6) is 2.64. The van der Waals surface area contributed by atoms with E-state index in [1.807, 2.05) is 7.05 Å². The zero-order valence-corrected chi connectivity index (χ0v) is 16.7. The Bertz CT molecular complexity index is 734. The molecule has 1 aliphatic rings. The van der Waals surface area contributed by atoms with Crippen LogP contribution in [0.1, 0.15) is 62.7 Å². The molecule has 0 radical (unpaired) electrons. The van der Waals surface area contributed by atoms with E-state index in [0.717, 1.165) is 37.7 Å². The normalized spacial score (nSPS) is 16.2. The van der Waals surface area contributed by atoms with Crippen LogP contribution in [0.25, 0.3) is 0 Å². The van der Waals surface area contributed by atoms with Crippen molar-refractivity contribution in [1.82, 2.24) is 20.8 Å². The number of nitrogens with one attached hydrogen (secondary N) is 2. The molecule has 1 aromatic heterocycles. The van der Waals surface area contributed by atoms with Crippen LogP contribution in [0.3, 0.4) is 0 Å². The molecular weight excluding hydrogens is 338 g/mol. The predicted octanol–water partition coefficient (Wildman–Crippen LogP) is 3.41. The molecule has 2 N–H and O–H groups in total. The van der Waals surface area contributed by atoms with Gasteiger partial charge in [0.05, 0.1) is 0 Å². The number of hydrogen-bond acceptors (Lipinski definition) is 4. The maximum Gasteiger partial charge on any atom is 0.226 e. The van der Waals surface area contributed by atoms with Gasteiger partial charge in [0, 0.05) is 37.9 Å². The second kappa shape index (κ2) is 9.02. The Labute approximate surface area is 161 Å². The zero-order valence-electron chi connectivity index (χ0n) is 16.7. The molecule has 3 rings (SSSR count). The van der Waals surface area contributed by atoms with Crippen LogP contribution in [0, 0.1) is 0 Å². The SMILES string of the molecule is CN=C(NCCCc1nc(C(C)C)no1)NCC1(c2ccccc2)CCC1. The predicted molar refractivity (Wildman–Crippen MR) is 108 cm³/mol. The summed E-state index contributed by atoms with van der Waals surface area (Å²) in [5, 5.41) is 10.9. The molecule has 0 bridgehead atoms. The molecule has 1 aliphatic carbocycles. The lowest BCUT2D eigenvalue weighted by molar-refractivity contribution is 0.244. The van der Waals surface area contributed by atoms with Gasteiger partial charge < -0.3 is 15.2 Å². The Balaban J connectivity index is 1.43. The minimum atomic E-state index is 0.246. The van der Waals surface area contributed by atoms with E-state index in [2.05, 4.69) is 69.9 Å². The molecule has 1 heterocycles. The fourth-order valence-corrected chi connectivity index (χ4v) is 3.49. The van der Waals surface area contributed by atoms with Gasteiger partial charge >= 0.3 is 0 Å². The topological polar surface area (TPSA) is 75.3 Å². The van der Waals surface area contributed by atoms with Crippen molar-refractivity contribution in [2.75, 3.05) is 20.1 Å². The second-order valence-electron chi connectivity index (χ2n) is 7.66. The summed E-state index contributed by atoms with van der Waals surface area (Å²) in [6.45, 7) is 5.86. The van der Waals surface area contributed by atoms with Crippen LogP contribution in [-0.4, -0.2) is 36.2 Å². The molecule has 0 saturated heterocycles. The van der Waals surface area contributed by atoms with Crippen LogP contribution in [0.5, 0.6) is 0 Å². The molecule has 146 valence electrons. The Morgan fingerprint density at radius 1 is 1.22 bits per heavy atom. The summed E-state index contributed by atoms with van der Waals surface area (Å²) < 4.78 is 5.29. The van der Waals surface area contributed by atoms with Crippen LogP contribution in [0.15, 0.2) is 39.8 Å². The van der Waals surface area contributed by atoms with Crippen molar-refractivity contribution in [3.63, 3.8) is 0 Å². The molecule has 27 heavy (non-hydrogen) atoms. The number of aromatic nitrogens is 2. The van der Waals surface area contributed by atoms with Crippen LogP contribution >= 0.6 is 0 Å². The maximum absolute atomic E-state index is 5.29. The first kappa shape index (κ1) is 19.4. The van der Waals surface area contributed by atoms with E-state index in [-0.39, 0.29) is 5.41 Å². The summed E-state index contributed by atoms with van der Waals surface area (Å²) in [5.41, 5.74) is 1.67. The second-order valence-corrected chi connectivity index (χ2v) is 7.66. The number of aliphatic imine (C=N–C) groups is 1. The lowest BCUT2D eigenvalue weighted by atomic mass is 9.64. The first-order valence-electron chi connectivity index (χ1n) is 9.95. The third-order valence-electron chi connectivity index (χ3n) is 5.37. The minimum absolute atomic E-state index is 0.246. The highest BCUT2D eigenvalue weighted by atomic mass is 16.5. The van der Waals surface area contributed by atoms with Crippen LogP contribution in [0.2, 0.25) is 0 Å². The molecule has 0 unspecified atom stereocenters. The third kappa shape index (κ3) is 4.87. The van der Waals surface area contributed by atoms with Gasteiger partial charge in [-0.05, 0) is 24.8 Å². The molecule has 0 amide bonds. The van der Waals surface area contributed by atoms with Gasteiger partial charge in [0.1, 0.15) is 0 Å². The number of hydrogen-bond donors (Lipinski definition) is 2. The molecule has 6 heteroatoms. The number of nitrogens with zero attached hydrogens (tertiary/aromatic N) is 3. The molecular formula is C21H31N5O. The van der Waals surface area contributed by atoms with Crippen molar-refractivity contribution < 1.29 is 4.52 Å². The largest absolute Gasteiger partial charge is 0.356 e. The van der Waals surface area contributed by atoms with Crippen molar-refractivity contribution in [1.29, 1.82) is 0 Å². The van der Waals surface area contributed by atoms with Crippen molar-refractivity contribution in [2.45, 2.75) is 57.3 Å². The first-order valence-corrected chi connectivity index (χ1v) is 9.95. The van der Waals surface area contributed by atoms with Gasteiger partial charge in [0.2, 0.25) is 5.89 Å². The van der Waals surface area contributed by atoms with E-state index in [1.54, 1.807) is 0 Å². The lowest BCUT2D eigenvalue weighted by Crippen LogP contribution is -2.49. The highest BCUT2D eigenvalue weighted by Crippen LogP contribution is 2.43. The van der Waals surface area contributed by atoms with Crippen molar-refractivity contribution >= 4 is 5.96 Å². The molecule has 6 nitrogen and oxygen atoms in total. The third-order valence-corrected chi connectivity index (χ3v) is 5.37. The molecule has 0 spiro atoms. The highest BCUT2D eigenvalue weighted by Gasteiger charge is 2.38. The summed E-state index contributed by atoms with van der Waals surface area (Å²) in [4.78, 5) is 8.77. The summed E-state index contributed by atoms with van der Waals surface area (Å²) >= 11 is 0. The van der Waals surface area contributed by atoms with Crippen LogP contribution in [0.4, 0.5) is 0 Å². The Hall–Kier alpha value is -2.37. The van der Waals surface area contributed by atoms with Gasteiger partial charge in [-0.15, -0.1) is 0 Å². The van der Waals surface area contributed by atoms with Gasteiger partial charge in [-0.25, -0.2) is 0 Å².